The molecule has 1 saturated carbocycles. The largest absolute Gasteiger partial charge is 0.481 e. The highest BCUT2D eigenvalue weighted by atomic mass is 32.1. The molecule has 16 heavy (non-hydrogen) atoms. The second-order valence-corrected chi connectivity index (χ2v) is 5.74. The lowest BCUT2D eigenvalue weighted by Crippen LogP contribution is -2.09. The Labute approximate surface area is 97.5 Å². The molecule has 0 aliphatic heterocycles. The van der Waals surface area contributed by atoms with Crippen LogP contribution < -0.4 is 0 Å². The van der Waals surface area contributed by atoms with Crippen molar-refractivity contribution < 1.29 is 9.90 Å². The third kappa shape index (κ3) is 1.28. The maximum atomic E-state index is 11.0. The van der Waals surface area contributed by atoms with Crippen LogP contribution in [0.4, 0.5) is 0 Å². The predicted molar refractivity (Wildman–Crippen MR) is 64.9 cm³/mol. The van der Waals surface area contributed by atoms with E-state index in [4.69, 9.17) is 5.11 Å². The summed E-state index contributed by atoms with van der Waals surface area (Å²) in [4.78, 5) is 12.2. The molecular weight excluding hydrogens is 220 g/mol. The lowest BCUT2D eigenvalue weighted by molar-refractivity contribution is -0.138. The highest BCUT2D eigenvalue weighted by Crippen LogP contribution is 2.56. The van der Waals surface area contributed by atoms with Gasteiger partial charge in [0.05, 0.1) is 5.92 Å². The molecule has 1 heterocycles. The zero-order chi connectivity index (χ0) is 11.3. The highest BCUT2D eigenvalue weighted by molar-refractivity contribution is 7.19. The molecule has 0 saturated heterocycles. The lowest BCUT2D eigenvalue weighted by Gasteiger charge is -2.04. The van der Waals surface area contributed by atoms with Crippen molar-refractivity contribution in [1.29, 1.82) is 0 Å². The number of hydrogen-bond donors (Lipinski definition) is 1. The number of thiophene rings is 1. The minimum absolute atomic E-state index is 0.129. The van der Waals surface area contributed by atoms with Crippen molar-refractivity contribution in [3.05, 3.63) is 35.2 Å². The van der Waals surface area contributed by atoms with Gasteiger partial charge in [-0.05, 0) is 23.9 Å². The van der Waals surface area contributed by atoms with Gasteiger partial charge in [0, 0.05) is 15.0 Å². The Hall–Kier alpha value is -1.35. The average Bonchev–Trinajstić information content (AvgIpc) is 2.78. The fourth-order valence-corrected chi connectivity index (χ4v) is 3.53. The number of benzene rings is 1. The van der Waals surface area contributed by atoms with Crippen LogP contribution in [-0.4, -0.2) is 11.1 Å². The van der Waals surface area contributed by atoms with Crippen molar-refractivity contribution in [3.8, 4) is 0 Å². The Morgan fingerprint density at radius 2 is 2.25 bits per heavy atom. The van der Waals surface area contributed by atoms with Crippen LogP contribution in [0, 0.1) is 5.92 Å². The van der Waals surface area contributed by atoms with Gasteiger partial charge in [-0.15, -0.1) is 11.3 Å². The van der Waals surface area contributed by atoms with Gasteiger partial charge >= 0.3 is 5.97 Å². The van der Waals surface area contributed by atoms with Gasteiger partial charge in [0.2, 0.25) is 0 Å². The van der Waals surface area contributed by atoms with Gasteiger partial charge in [0.1, 0.15) is 0 Å². The number of aliphatic carboxylic acids is 1. The third-order valence-corrected chi connectivity index (χ3v) is 4.92. The van der Waals surface area contributed by atoms with Crippen LogP contribution in [0.15, 0.2) is 30.3 Å². The minimum Gasteiger partial charge on any atom is -0.481 e. The van der Waals surface area contributed by atoms with Gasteiger partial charge in [-0.1, -0.05) is 25.1 Å². The molecule has 3 rings (SSSR count). The normalized spacial score (nSPS) is 28.2. The van der Waals surface area contributed by atoms with E-state index in [0.717, 1.165) is 6.42 Å². The minimum atomic E-state index is -0.667. The second-order valence-electron chi connectivity index (χ2n) is 4.66. The van der Waals surface area contributed by atoms with Gasteiger partial charge in [-0.2, -0.15) is 0 Å². The van der Waals surface area contributed by atoms with Gasteiger partial charge in [0.15, 0.2) is 0 Å². The fourth-order valence-electron chi connectivity index (χ4n) is 2.26. The summed E-state index contributed by atoms with van der Waals surface area (Å²) < 4.78 is 1.25. The molecule has 1 aromatic heterocycles. The number of hydrogen-bond acceptors (Lipinski definition) is 2. The van der Waals surface area contributed by atoms with E-state index >= 15 is 0 Å². The van der Waals surface area contributed by atoms with Gasteiger partial charge in [-0.25, -0.2) is 0 Å². The molecule has 1 fully saturated rings. The first kappa shape index (κ1) is 9.85. The summed E-state index contributed by atoms with van der Waals surface area (Å²) in [6.45, 7) is 2.05. The first-order valence-corrected chi connectivity index (χ1v) is 6.15. The predicted octanol–water partition coefficient (Wildman–Crippen LogP) is 3.26. The molecule has 1 aromatic carbocycles. The number of fused-ring (bicyclic) bond motifs is 1. The first-order chi connectivity index (χ1) is 7.61. The number of carbonyl (C=O) groups is 1. The molecule has 0 spiro atoms. The zero-order valence-corrected chi connectivity index (χ0v) is 9.75. The molecular formula is C13H12O2S. The summed E-state index contributed by atoms with van der Waals surface area (Å²) in [6.07, 6.45) is 0.773. The quantitative estimate of drug-likeness (QED) is 0.862. The van der Waals surface area contributed by atoms with Crippen LogP contribution in [0.2, 0.25) is 0 Å². The van der Waals surface area contributed by atoms with E-state index < -0.39 is 5.97 Å². The Kier molecular flexibility index (Phi) is 1.89. The zero-order valence-electron chi connectivity index (χ0n) is 8.93. The van der Waals surface area contributed by atoms with E-state index in [1.807, 2.05) is 12.1 Å². The smallest absolute Gasteiger partial charge is 0.307 e. The topological polar surface area (TPSA) is 37.3 Å². The van der Waals surface area contributed by atoms with Crippen molar-refractivity contribution in [1.82, 2.24) is 0 Å². The van der Waals surface area contributed by atoms with E-state index in [9.17, 15) is 4.79 Å². The lowest BCUT2D eigenvalue weighted by atomic mass is 10.0. The summed E-state index contributed by atoms with van der Waals surface area (Å²) in [5.74, 6) is -0.861. The van der Waals surface area contributed by atoms with Gasteiger partial charge in [-0.3, -0.25) is 4.79 Å². The van der Waals surface area contributed by atoms with E-state index in [-0.39, 0.29) is 11.3 Å². The standard InChI is InChI=1S/C13H12O2S/c1-13(7-9(13)12(14)15)11-6-8-4-2-3-5-10(8)16-11/h2-6,9H,7H2,1H3,(H,14,15). The number of carboxylic acids is 1. The molecule has 1 N–H and O–H groups in total. The molecule has 1 aliphatic rings. The monoisotopic (exact) mass is 232 g/mol. The summed E-state index contributed by atoms with van der Waals surface area (Å²) in [5.41, 5.74) is -0.129. The van der Waals surface area contributed by atoms with Crippen LogP contribution in [-0.2, 0) is 10.2 Å². The van der Waals surface area contributed by atoms with Crippen molar-refractivity contribution in [2.45, 2.75) is 18.8 Å². The Bertz CT molecular complexity index is 539. The maximum absolute atomic E-state index is 11.0. The van der Waals surface area contributed by atoms with Crippen molar-refractivity contribution in [2.24, 2.45) is 5.92 Å². The molecule has 0 radical (unpaired) electrons. The van der Waals surface area contributed by atoms with Crippen molar-refractivity contribution in [3.63, 3.8) is 0 Å². The Morgan fingerprint density at radius 3 is 2.88 bits per heavy atom. The van der Waals surface area contributed by atoms with Crippen LogP contribution in [0.25, 0.3) is 10.1 Å². The average molecular weight is 232 g/mol. The van der Waals surface area contributed by atoms with Gasteiger partial charge < -0.3 is 5.11 Å². The first-order valence-electron chi connectivity index (χ1n) is 5.33. The molecule has 1 aliphatic carbocycles. The van der Waals surface area contributed by atoms with E-state index in [1.54, 1.807) is 11.3 Å². The van der Waals surface area contributed by atoms with Crippen LogP contribution in [0.1, 0.15) is 18.2 Å². The highest BCUT2D eigenvalue weighted by Gasteiger charge is 2.56. The molecule has 0 amide bonds. The number of rotatable bonds is 2. The van der Waals surface area contributed by atoms with Gasteiger partial charge in [0.25, 0.3) is 0 Å². The molecule has 2 unspecified atom stereocenters. The molecule has 3 heteroatoms. The summed E-state index contributed by atoms with van der Waals surface area (Å²) in [7, 11) is 0. The van der Waals surface area contributed by atoms with E-state index in [2.05, 4.69) is 25.1 Å². The fraction of sp³-hybridized carbons (Fsp3) is 0.308. The van der Waals surface area contributed by atoms with Crippen molar-refractivity contribution in [2.75, 3.05) is 0 Å². The molecule has 82 valence electrons. The van der Waals surface area contributed by atoms with E-state index in [1.165, 1.54) is 15.0 Å². The van der Waals surface area contributed by atoms with Crippen LogP contribution >= 0.6 is 11.3 Å². The molecule has 2 aromatic rings. The molecule has 2 nitrogen and oxygen atoms in total. The third-order valence-electron chi connectivity index (χ3n) is 3.52. The summed E-state index contributed by atoms with van der Waals surface area (Å²) in [5, 5.41) is 10.3. The summed E-state index contributed by atoms with van der Waals surface area (Å²) in [6, 6.07) is 10.3. The van der Waals surface area contributed by atoms with Crippen LogP contribution in [0.3, 0.4) is 0 Å². The van der Waals surface area contributed by atoms with Crippen molar-refractivity contribution >= 4 is 27.4 Å². The van der Waals surface area contributed by atoms with E-state index in [0.29, 0.717) is 0 Å². The molecule has 2 atom stereocenters. The Balaban J connectivity index is 2.05. The maximum Gasteiger partial charge on any atom is 0.307 e. The number of carboxylic acid groups (broad SMARTS) is 1. The second kappa shape index (κ2) is 3.08. The summed E-state index contributed by atoms with van der Waals surface area (Å²) >= 11 is 1.72. The Morgan fingerprint density at radius 1 is 1.50 bits per heavy atom. The SMILES string of the molecule is CC1(c2cc3ccccc3s2)CC1C(=O)O. The molecule has 0 bridgehead atoms. The van der Waals surface area contributed by atoms with Crippen LogP contribution in [0.5, 0.6) is 0 Å².